The lowest BCUT2D eigenvalue weighted by Crippen LogP contribution is -2.59. The first-order valence-electron chi connectivity index (χ1n) is 13.7. The minimum atomic E-state index is -1.63. The first-order valence-corrected chi connectivity index (χ1v) is 13.7. The number of nitrogens with one attached hydrogen (secondary N) is 5. The maximum atomic E-state index is 13.3. The molecule has 5 amide bonds. The van der Waals surface area contributed by atoms with E-state index in [2.05, 4.69) is 26.6 Å². The number of hydrogen-bond acceptors (Lipinski definition) is 9. The standard InChI is InChI=1S/C26H44N6O11/c1-12(2)8-16(23(39)28-14(5)26(42)43)32-24(40)17(9-13(3)4)31-22(38)15(6-7-20(34)35)30-25(41)18(10-21(36)37)29-19(33)11-27/h12-18H,6-11,27H2,1-5H3,(H,28,39)(H,29,33)(H,30,41)(H,31,38)(H,32,40)(H,34,35)(H,36,37)(H,42,43)/t14-,15-,16-,17-,18-/m0/s1. The molecule has 0 fully saturated rings. The number of carboxylic acids is 3. The summed E-state index contributed by atoms with van der Waals surface area (Å²) in [6, 6.07) is -6.83. The van der Waals surface area contributed by atoms with Gasteiger partial charge in [-0.2, -0.15) is 0 Å². The molecule has 0 spiro atoms. The largest absolute Gasteiger partial charge is 0.481 e. The first kappa shape index (κ1) is 38.7. The van der Waals surface area contributed by atoms with Crippen molar-refractivity contribution in [1.29, 1.82) is 0 Å². The monoisotopic (exact) mass is 616 g/mol. The second-order valence-corrected chi connectivity index (χ2v) is 10.9. The summed E-state index contributed by atoms with van der Waals surface area (Å²) in [6.07, 6.45) is -1.69. The van der Waals surface area contributed by atoms with Crippen LogP contribution in [0.1, 0.15) is 66.7 Å². The third-order valence-electron chi connectivity index (χ3n) is 5.91. The van der Waals surface area contributed by atoms with Crippen LogP contribution < -0.4 is 32.3 Å². The fourth-order valence-electron chi connectivity index (χ4n) is 3.77. The van der Waals surface area contributed by atoms with Gasteiger partial charge in [-0.25, -0.2) is 0 Å². The Morgan fingerprint density at radius 1 is 0.581 bits per heavy atom. The van der Waals surface area contributed by atoms with Crippen LogP contribution in [0, 0.1) is 11.8 Å². The van der Waals surface area contributed by atoms with Gasteiger partial charge in [0.15, 0.2) is 0 Å². The predicted octanol–water partition coefficient (Wildman–Crippen LogP) is -2.09. The van der Waals surface area contributed by atoms with Crippen LogP contribution in [0.4, 0.5) is 0 Å². The Kier molecular flexibility index (Phi) is 17.1. The number of carbonyl (C=O) groups excluding carboxylic acids is 5. The summed E-state index contributed by atoms with van der Waals surface area (Å²) < 4.78 is 0. The Labute approximate surface area is 249 Å². The molecule has 5 atom stereocenters. The number of rotatable bonds is 20. The van der Waals surface area contributed by atoms with E-state index in [0.717, 1.165) is 0 Å². The molecule has 43 heavy (non-hydrogen) atoms. The van der Waals surface area contributed by atoms with Gasteiger partial charge in [0.25, 0.3) is 0 Å². The van der Waals surface area contributed by atoms with Crippen molar-refractivity contribution in [2.75, 3.05) is 6.54 Å². The summed E-state index contributed by atoms with van der Waals surface area (Å²) in [5, 5.41) is 39.0. The highest BCUT2D eigenvalue weighted by molar-refractivity contribution is 5.97. The van der Waals surface area contributed by atoms with Crippen LogP contribution in [-0.2, 0) is 38.4 Å². The van der Waals surface area contributed by atoms with Gasteiger partial charge in [0.05, 0.1) is 13.0 Å². The molecule has 0 rings (SSSR count). The van der Waals surface area contributed by atoms with E-state index in [9.17, 15) is 38.4 Å². The lowest BCUT2D eigenvalue weighted by atomic mass is 9.99. The highest BCUT2D eigenvalue weighted by Crippen LogP contribution is 2.11. The molecule has 0 saturated heterocycles. The highest BCUT2D eigenvalue weighted by atomic mass is 16.4. The first-order chi connectivity index (χ1) is 19.9. The molecular weight excluding hydrogens is 572 g/mol. The molecule has 0 radical (unpaired) electrons. The average Bonchev–Trinajstić information content (AvgIpc) is 2.88. The third-order valence-corrected chi connectivity index (χ3v) is 5.91. The minimum Gasteiger partial charge on any atom is -0.481 e. The lowest BCUT2D eigenvalue weighted by Gasteiger charge is -2.27. The van der Waals surface area contributed by atoms with Gasteiger partial charge in [-0.3, -0.25) is 38.4 Å². The molecule has 0 aromatic rings. The van der Waals surface area contributed by atoms with Crippen LogP contribution in [0.3, 0.4) is 0 Å². The summed E-state index contributed by atoms with van der Waals surface area (Å²) in [6.45, 7) is 7.76. The van der Waals surface area contributed by atoms with E-state index in [1.807, 2.05) is 0 Å². The molecule has 17 heteroatoms. The average molecular weight is 617 g/mol. The fourth-order valence-corrected chi connectivity index (χ4v) is 3.77. The zero-order valence-corrected chi connectivity index (χ0v) is 25.0. The molecule has 0 bridgehead atoms. The van der Waals surface area contributed by atoms with Crippen LogP contribution >= 0.6 is 0 Å². The van der Waals surface area contributed by atoms with Gasteiger partial charge in [-0.1, -0.05) is 27.7 Å². The van der Waals surface area contributed by atoms with E-state index in [0.29, 0.717) is 0 Å². The van der Waals surface area contributed by atoms with E-state index in [-0.39, 0.29) is 24.7 Å². The SMILES string of the molecule is CC(C)C[C@H](NC(=O)[C@H](CC(C)C)NC(=O)[C@H](CCC(=O)O)NC(=O)[C@H](CC(=O)O)NC(=O)CN)C(=O)N[C@@H](C)C(=O)O. The fraction of sp³-hybridized carbons (Fsp3) is 0.692. The second kappa shape index (κ2) is 19.0. The molecule has 0 aliphatic heterocycles. The minimum absolute atomic E-state index is 0.0624. The molecule has 0 aliphatic carbocycles. The molecule has 244 valence electrons. The molecule has 0 heterocycles. The Balaban J connectivity index is 6.03. The van der Waals surface area contributed by atoms with Crippen LogP contribution in [0.25, 0.3) is 0 Å². The number of carboxylic acid groups (broad SMARTS) is 3. The molecule has 0 aliphatic rings. The van der Waals surface area contributed by atoms with E-state index in [1.54, 1.807) is 27.7 Å². The Morgan fingerprint density at radius 3 is 1.40 bits per heavy atom. The molecule has 0 saturated carbocycles. The van der Waals surface area contributed by atoms with E-state index in [4.69, 9.17) is 21.1 Å². The Morgan fingerprint density at radius 2 is 1.00 bits per heavy atom. The van der Waals surface area contributed by atoms with Gasteiger partial charge in [0.1, 0.15) is 30.2 Å². The van der Waals surface area contributed by atoms with Crippen molar-refractivity contribution >= 4 is 47.4 Å². The van der Waals surface area contributed by atoms with Crippen LogP contribution in [0.15, 0.2) is 0 Å². The Hall–Kier alpha value is -4.28. The highest BCUT2D eigenvalue weighted by Gasteiger charge is 2.33. The van der Waals surface area contributed by atoms with Gasteiger partial charge < -0.3 is 47.6 Å². The number of nitrogens with two attached hydrogens (primary N) is 1. The van der Waals surface area contributed by atoms with Gasteiger partial charge in [0, 0.05) is 6.42 Å². The quantitative estimate of drug-likeness (QED) is 0.0711. The van der Waals surface area contributed by atoms with Crippen molar-refractivity contribution in [1.82, 2.24) is 26.6 Å². The van der Waals surface area contributed by atoms with Crippen molar-refractivity contribution in [2.24, 2.45) is 17.6 Å². The van der Waals surface area contributed by atoms with Gasteiger partial charge >= 0.3 is 17.9 Å². The number of amides is 5. The van der Waals surface area contributed by atoms with Gasteiger partial charge in [-0.15, -0.1) is 0 Å². The van der Waals surface area contributed by atoms with E-state index < -0.39 is 103 Å². The number of hydrogen-bond donors (Lipinski definition) is 9. The topological polar surface area (TPSA) is 283 Å². The summed E-state index contributed by atoms with van der Waals surface area (Å²) in [5.41, 5.74) is 5.21. The molecule has 0 aromatic carbocycles. The predicted molar refractivity (Wildman–Crippen MR) is 150 cm³/mol. The van der Waals surface area contributed by atoms with Crippen molar-refractivity contribution in [2.45, 2.75) is 96.9 Å². The lowest BCUT2D eigenvalue weighted by molar-refractivity contribution is -0.142. The molecule has 0 unspecified atom stereocenters. The smallest absolute Gasteiger partial charge is 0.325 e. The van der Waals surface area contributed by atoms with Crippen molar-refractivity contribution in [3.8, 4) is 0 Å². The zero-order valence-electron chi connectivity index (χ0n) is 25.0. The summed E-state index contributed by atoms with van der Waals surface area (Å²) >= 11 is 0. The van der Waals surface area contributed by atoms with Crippen molar-refractivity contribution in [3.63, 3.8) is 0 Å². The van der Waals surface area contributed by atoms with Gasteiger partial charge in [-0.05, 0) is 38.0 Å². The second-order valence-electron chi connectivity index (χ2n) is 10.9. The Bertz CT molecular complexity index is 1030. The summed E-state index contributed by atoms with van der Waals surface area (Å²) in [4.78, 5) is 97.4. The maximum Gasteiger partial charge on any atom is 0.325 e. The zero-order chi connectivity index (χ0) is 33.4. The van der Waals surface area contributed by atoms with Crippen molar-refractivity contribution in [3.05, 3.63) is 0 Å². The number of aliphatic carboxylic acids is 3. The van der Waals surface area contributed by atoms with Crippen LogP contribution in [0.2, 0.25) is 0 Å². The molecular formula is C26H44N6O11. The normalized spacial score (nSPS) is 14.4. The van der Waals surface area contributed by atoms with Gasteiger partial charge in [0.2, 0.25) is 29.5 Å². The van der Waals surface area contributed by atoms with Crippen molar-refractivity contribution < 1.29 is 53.7 Å². The summed E-state index contributed by atoms with van der Waals surface area (Å²) in [5.74, 6) is -8.75. The van der Waals surface area contributed by atoms with Crippen LogP contribution in [-0.4, -0.2) is 99.5 Å². The molecule has 10 N–H and O–H groups in total. The third kappa shape index (κ3) is 16.1. The van der Waals surface area contributed by atoms with E-state index in [1.165, 1.54) is 6.92 Å². The molecule has 17 nitrogen and oxygen atoms in total. The van der Waals surface area contributed by atoms with Crippen LogP contribution in [0.5, 0.6) is 0 Å². The maximum absolute atomic E-state index is 13.3. The number of carbonyl (C=O) groups is 8. The molecule has 0 aromatic heterocycles. The summed E-state index contributed by atoms with van der Waals surface area (Å²) in [7, 11) is 0. The van der Waals surface area contributed by atoms with E-state index >= 15 is 0 Å².